The van der Waals surface area contributed by atoms with Crippen LogP contribution in [0.2, 0.25) is 5.02 Å². The summed E-state index contributed by atoms with van der Waals surface area (Å²) in [6.07, 6.45) is 0. The van der Waals surface area contributed by atoms with E-state index in [2.05, 4.69) is 5.32 Å². The van der Waals surface area contributed by atoms with Gasteiger partial charge < -0.3 is 15.2 Å². The molecule has 0 heterocycles. The third-order valence-corrected chi connectivity index (χ3v) is 2.87. The van der Waals surface area contributed by atoms with Gasteiger partial charge >= 0.3 is 0 Å². The Kier molecular flexibility index (Phi) is 4.53. The van der Waals surface area contributed by atoms with Crippen LogP contribution in [0.3, 0.4) is 0 Å². The molecule has 0 radical (unpaired) electrons. The number of hydrogen-bond donors (Lipinski definition) is 2. The van der Waals surface area contributed by atoms with Crippen molar-refractivity contribution in [2.24, 2.45) is 0 Å². The molecule has 3 nitrogen and oxygen atoms in total. The molecule has 0 saturated heterocycles. The second kappa shape index (κ2) is 6.34. The van der Waals surface area contributed by atoms with E-state index >= 15 is 0 Å². The summed E-state index contributed by atoms with van der Waals surface area (Å²) in [6, 6.07) is 12.6. The Labute approximate surface area is 117 Å². The van der Waals surface area contributed by atoms with Crippen LogP contribution in [0.5, 0.6) is 11.5 Å². The average molecular weight is 278 g/mol. The molecule has 2 N–H and O–H groups in total. The molecule has 0 fully saturated rings. The van der Waals surface area contributed by atoms with Crippen molar-refractivity contribution in [2.75, 3.05) is 11.9 Å². The summed E-state index contributed by atoms with van der Waals surface area (Å²) < 4.78 is 5.53. The zero-order chi connectivity index (χ0) is 13.7. The Bertz CT molecular complexity index is 558. The molecule has 2 aromatic carbocycles. The summed E-state index contributed by atoms with van der Waals surface area (Å²) in [6.45, 7) is 3.13. The highest BCUT2D eigenvalue weighted by molar-refractivity contribution is 6.30. The van der Waals surface area contributed by atoms with E-state index in [9.17, 15) is 5.11 Å². The molecule has 0 spiro atoms. The van der Waals surface area contributed by atoms with E-state index in [0.717, 1.165) is 17.0 Å². The maximum Gasteiger partial charge on any atom is 0.142 e. The monoisotopic (exact) mass is 277 g/mol. The molecule has 100 valence electrons. The number of hydrogen-bond acceptors (Lipinski definition) is 3. The number of nitrogens with one attached hydrogen (secondary N) is 1. The lowest BCUT2D eigenvalue weighted by Gasteiger charge is -2.13. The number of aromatic hydroxyl groups is 1. The van der Waals surface area contributed by atoms with Crippen molar-refractivity contribution in [2.45, 2.75) is 13.5 Å². The fourth-order valence-corrected chi connectivity index (χ4v) is 1.96. The minimum absolute atomic E-state index is 0.260. The Hall–Kier alpha value is -1.87. The molecule has 4 heteroatoms. The summed E-state index contributed by atoms with van der Waals surface area (Å²) in [5, 5.41) is 13.3. The SMILES string of the molecule is CCOc1ccc(Cl)cc1NCc1cccc(O)c1. The maximum absolute atomic E-state index is 9.42. The van der Waals surface area contributed by atoms with E-state index in [1.54, 1.807) is 18.2 Å². The number of benzene rings is 2. The van der Waals surface area contributed by atoms with E-state index in [-0.39, 0.29) is 5.75 Å². The van der Waals surface area contributed by atoms with Crippen molar-refractivity contribution in [3.05, 3.63) is 53.1 Å². The molecule has 0 aliphatic carbocycles. The first kappa shape index (κ1) is 13.6. The van der Waals surface area contributed by atoms with Crippen LogP contribution in [-0.2, 0) is 6.54 Å². The lowest BCUT2D eigenvalue weighted by Crippen LogP contribution is -2.02. The van der Waals surface area contributed by atoms with Crippen molar-refractivity contribution in [1.82, 2.24) is 0 Å². The first-order chi connectivity index (χ1) is 9.19. The molecule has 0 saturated carbocycles. The van der Waals surface area contributed by atoms with Gasteiger partial charge in [-0.3, -0.25) is 0 Å². The number of rotatable bonds is 5. The molecule has 19 heavy (non-hydrogen) atoms. The number of ether oxygens (including phenoxy) is 1. The van der Waals surface area contributed by atoms with Gasteiger partial charge in [0.15, 0.2) is 0 Å². The first-order valence-corrected chi connectivity index (χ1v) is 6.51. The number of halogens is 1. The van der Waals surface area contributed by atoms with Crippen LogP contribution in [0.25, 0.3) is 0 Å². The second-order valence-electron chi connectivity index (χ2n) is 4.10. The van der Waals surface area contributed by atoms with E-state index < -0.39 is 0 Å². The first-order valence-electron chi connectivity index (χ1n) is 6.13. The number of anilines is 1. The largest absolute Gasteiger partial charge is 0.508 e. The minimum atomic E-state index is 0.260. The van der Waals surface area contributed by atoms with Gasteiger partial charge in [0.1, 0.15) is 11.5 Å². The van der Waals surface area contributed by atoms with Gasteiger partial charge in [0.25, 0.3) is 0 Å². The Balaban J connectivity index is 2.12. The van der Waals surface area contributed by atoms with Crippen LogP contribution < -0.4 is 10.1 Å². The Morgan fingerprint density at radius 2 is 2.05 bits per heavy atom. The number of phenolic OH excluding ortho intramolecular Hbond substituents is 1. The summed E-state index contributed by atoms with van der Waals surface area (Å²) in [5.74, 6) is 1.03. The standard InChI is InChI=1S/C15H16ClNO2/c1-2-19-15-7-6-12(16)9-14(15)17-10-11-4-3-5-13(18)8-11/h3-9,17-18H,2,10H2,1H3. The van der Waals surface area contributed by atoms with Crippen molar-refractivity contribution >= 4 is 17.3 Å². The molecule has 0 atom stereocenters. The van der Waals surface area contributed by atoms with Gasteiger partial charge in [0.05, 0.1) is 12.3 Å². The zero-order valence-electron chi connectivity index (χ0n) is 10.7. The zero-order valence-corrected chi connectivity index (χ0v) is 11.4. The summed E-state index contributed by atoms with van der Waals surface area (Å²) in [7, 11) is 0. The van der Waals surface area contributed by atoms with Gasteiger partial charge in [-0.05, 0) is 42.8 Å². The highest BCUT2D eigenvalue weighted by atomic mass is 35.5. The van der Waals surface area contributed by atoms with Gasteiger partial charge in [-0.1, -0.05) is 23.7 Å². The van der Waals surface area contributed by atoms with E-state index in [4.69, 9.17) is 16.3 Å². The van der Waals surface area contributed by atoms with Crippen LogP contribution in [0.1, 0.15) is 12.5 Å². The molecule has 2 rings (SSSR count). The summed E-state index contributed by atoms with van der Waals surface area (Å²) in [4.78, 5) is 0. The van der Waals surface area contributed by atoms with E-state index in [0.29, 0.717) is 18.2 Å². The van der Waals surface area contributed by atoms with Gasteiger partial charge in [-0.15, -0.1) is 0 Å². The van der Waals surface area contributed by atoms with Crippen LogP contribution in [-0.4, -0.2) is 11.7 Å². The molecule has 0 aliphatic rings. The molecule has 0 aliphatic heterocycles. The fraction of sp³-hybridized carbons (Fsp3) is 0.200. The third kappa shape index (κ3) is 3.80. The van der Waals surface area contributed by atoms with Gasteiger partial charge in [0, 0.05) is 11.6 Å². The van der Waals surface area contributed by atoms with Crippen LogP contribution >= 0.6 is 11.6 Å². The fourth-order valence-electron chi connectivity index (χ4n) is 1.79. The minimum Gasteiger partial charge on any atom is -0.508 e. The molecule has 0 amide bonds. The molecule has 2 aromatic rings. The molecule has 0 bridgehead atoms. The highest BCUT2D eigenvalue weighted by Gasteiger charge is 2.04. The quantitative estimate of drug-likeness (QED) is 0.866. The van der Waals surface area contributed by atoms with E-state index in [1.807, 2.05) is 31.2 Å². The second-order valence-corrected chi connectivity index (χ2v) is 4.53. The molecule has 0 unspecified atom stereocenters. The van der Waals surface area contributed by atoms with E-state index in [1.165, 1.54) is 0 Å². The lowest BCUT2D eigenvalue weighted by atomic mass is 10.2. The van der Waals surface area contributed by atoms with Crippen molar-refractivity contribution < 1.29 is 9.84 Å². The Morgan fingerprint density at radius 1 is 1.21 bits per heavy atom. The van der Waals surface area contributed by atoms with Crippen LogP contribution in [0.4, 0.5) is 5.69 Å². The molecule has 0 aromatic heterocycles. The maximum atomic E-state index is 9.42. The van der Waals surface area contributed by atoms with Gasteiger partial charge in [-0.25, -0.2) is 0 Å². The van der Waals surface area contributed by atoms with Crippen LogP contribution in [0, 0.1) is 0 Å². The van der Waals surface area contributed by atoms with Crippen molar-refractivity contribution in [3.63, 3.8) is 0 Å². The highest BCUT2D eigenvalue weighted by Crippen LogP contribution is 2.28. The molecular formula is C15H16ClNO2. The summed E-state index contributed by atoms with van der Waals surface area (Å²) >= 11 is 5.99. The lowest BCUT2D eigenvalue weighted by molar-refractivity contribution is 0.341. The van der Waals surface area contributed by atoms with Crippen molar-refractivity contribution in [1.29, 1.82) is 0 Å². The molecular weight excluding hydrogens is 262 g/mol. The topological polar surface area (TPSA) is 41.5 Å². The average Bonchev–Trinajstić information content (AvgIpc) is 2.39. The van der Waals surface area contributed by atoms with Crippen LogP contribution in [0.15, 0.2) is 42.5 Å². The number of phenols is 1. The summed E-state index contributed by atoms with van der Waals surface area (Å²) in [5.41, 5.74) is 1.83. The normalized spacial score (nSPS) is 10.2. The predicted molar refractivity (Wildman–Crippen MR) is 78.1 cm³/mol. The predicted octanol–water partition coefficient (Wildman–Crippen LogP) is 4.06. The van der Waals surface area contributed by atoms with Gasteiger partial charge in [-0.2, -0.15) is 0 Å². The third-order valence-electron chi connectivity index (χ3n) is 2.63. The van der Waals surface area contributed by atoms with Gasteiger partial charge in [0.2, 0.25) is 0 Å². The Morgan fingerprint density at radius 3 is 2.79 bits per heavy atom. The van der Waals surface area contributed by atoms with Crippen molar-refractivity contribution in [3.8, 4) is 11.5 Å². The smallest absolute Gasteiger partial charge is 0.142 e.